The molecule has 3 saturated carbocycles. The zero-order valence-electron chi connectivity index (χ0n) is 23.5. The average molecular weight is 513 g/mol. The smallest absolute Gasteiger partial charge is 0.318 e. The Labute approximate surface area is 223 Å². The second kappa shape index (κ2) is 10.8. The van der Waals surface area contributed by atoms with E-state index >= 15 is 0 Å². The number of fused-ring (bicyclic) bond motifs is 5. The summed E-state index contributed by atoms with van der Waals surface area (Å²) in [5.74, 6) is 2.81. The zero-order valence-corrected chi connectivity index (χ0v) is 23.5. The number of likely N-dealkylation sites (N-methyl/N-ethyl adjacent to an activating group) is 1. The number of amides is 1. The highest BCUT2D eigenvalue weighted by atomic mass is 16.7. The maximum atomic E-state index is 13.0. The quantitative estimate of drug-likeness (QED) is 0.287. The molecule has 1 unspecified atom stereocenters. The van der Waals surface area contributed by atoms with Crippen LogP contribution < -0.4 is 10.6 Å². The van der Waals surface area contributed by atoms with Crippen LogP contribution in [0.4, 0.5) is 4.79 Å². The van der Waals surface area contributed by atoms with Gasteiger partial charge in [-0.05, 0) is 113 Å². The predicted octanol–water partition coefficient (Wildman–Crippen LogP) is 4.92. The van der Waals surface area contributed by atoms with Crippen LogP contribution in [0.2, 0.25) is 0 Å². The van der Waals surface area contributed by atoms with E-state index in [4.69, 9.17) is 4.84 Å². The Morgan fingerprint density at radius 1 is 1.16 bits per heavy atom. The first kappa shape index (κ1) is 26.9. The Morgan fingerprint density at radius 3 is 2.76 bits per heavy atom. The molecule has 1 saturated heterocycles. The molecule has 4 fully saturated rings. The van der Waals surface area contributed by atoms with E-state index in [-0.39, 0.29) is 16.9 Å². The first-order valence-corrected chi connectivity index (χ1v) is 14.9. The molecular formula is C30H48N4O3. The monoisotopic (exact) mass is 512 g/mol. The molecule has 37 heavy (non-hydrogen) atoms. The largest absolute Gasteiger partial charge is 0.436 e. The summed E-state index contributed by atoms with van der Waals surface area (Å²) in [7, 11) is 1.91. The number of allylic oxidation sites excluding steroid dienone is 1. The molecule has 0 spiro atoms. The van der Waals surface area contributed by atoms with E-state index in [2.05, 4.69) is 36.6 Å². The van der Waals surface area contributed by atoms with Crippen molar-refractivity contribution >= 4 is 17.6 Å². The Balaban J connectivity index is 1.25. The average Bonchev–Trinajstić information content (AvgIpc) is 3.52. The second-order valence-corrected chi connectivity index (χ2v) is 13.1. The molecule has 5 rings (SSSR count). The van der Waals surface area contributed by atoms with Gasteiger partial charge in [0.2, 0.25) is 0 Å². The van der Waals surface area contributed by atoms with Gasteiger partial charge in [0.1, 0.15) is 0 Å². The lowest BCUT2D eigenvalue weighted by Gasteiger charge is -2.58. The first-order chi connectivity index (χ1) is 17.8. The molecule has 0 aromatic carbocycles. The topological polar surface area (TPSA) is 83.0 Å². The molecule has 0 aromatic rings. The highest BCUT2D eigenvalue weighted by Crippen LogP contribution is 2.66. The summed E-state index contributed by atoms with van der Waals surface area (Å²) in [6.45, 7) is 10.1. The van der Waals surface area contributed by atoms with E-state index in [9.17, 15) is 9.59 Å². The molecule has 7 atom stereocenters. The van der Waals surface area contributed by atoms with Gasteiger partial charge in [-0.15, -0.1) is 0 Å². The normalized spacial score (nSPS) is 39.5. The van der Waals surface area contributed by atoms with E-state index in [0.717, 1.165) is 56.8 Å². The van der Waals surface area contributed by atoms with E-state index in [1.165, 1.54) is 31.3 Å². The van der Waals surface area contributed by atoms with Gasteiger partial charge in [0.05, 0.1) is 5.71 Å². The van der Waals surface area contributed by atoms with Crippen molar-refractivity contribution in [3.63, 3.8) is 0 Å². The Morgan fingerprint density at radius 2 is 2.00 bits per heavy atom. The molecule has 206 valence electrons. The van der Waals surface area contributed by atoms with Gasteiger partial charge in [0.15, 0.2) is 5.78 Å². The number of nitrogens with zero attached hydrogens (tertiary/aromatic N) is 2. The number of rotatable bonds is 7. The maximum absolute atomic E-state index is 13.0. The zero-order chi connectivity index (χ0) is 26.2. The van der Waals surface area contributed by atoms with Crippen molar-refractivity contribution in [2.75, 3.05) is 33.2 Å². The number of nitrogens with one attached hydrogen (secondary N) is 2. The molecule has 1 amide bonds. The van der Waals surface area contributed by atoms with Crippen molar-refractivity contribution in [1.82, 2.24) is 15.5 Å². The number of carbonyl (C=O) groups excluding carboxylic acids is 2. The highest BCUT2D eigenvalue weighted by Gasteiger charge is 2.59. The number of ketones is 1. The summed E-state index contributed by atoms with van der Waals surface area (Å²) in [6.07, 6.45) is 12.8. The van der Waals surface area contributed by atoms with E-state index < -0.39 is 0 Å². The molecule has 5 aliphatic rings. The lowest BCUT2D eigenvalue weighted by atomic mass is 9.46. The summed E-state index contributed by atoms with van der Waals surface area (Å²) in [5, 5.41) is 11.1. The van der Waals surface area contributed by atoms with E-state index in [1.807, 2.05) is 13.1 Å². The van der Waals surface area contributed by atoms with Crippen LogP contribution in [0.25, 0.3) is 0 Å². The van der Waals surface area contributed by atoms with Crippen LogP contribution in [-0.4, -0.2) is 61.8 Å². The van der Waals surface area contributed by atoms with Gasteiger partial charge < -0.3 is 15.5 Å². The van der Waals surface area contributed by atoms with Crippen LogP contribution in [0.3, 0.4) is 0 Å². The minimum absolute atomic E-state index is 0.208. The van der Waals surface area contributed by atoms with Crippen molar-refractivity contribution in [3.8, 4) is 0 Å². The van der Waals surface area contributed by atoms with Crippen LogP contribution in [0.5, 0.6) is 0 Å². The minimum Gasteiger partial charge on any atom is -0.318 e. The maximum Gasteiger partial charge on any atom is 0.436 e. The standard InChI is InChI=1S/C30H48N4O3/c1-20(33-37-28(36)34(17-16-31-4)19-22-6-5-15-32-22)25-9-10-26-24-8-7-21-18-23(35)11-13-29(21,2)27(24)12-14-30(25,26)3/h18,22,24-27,31-32H,5-17,19H2,1-4H3/b33-20+/t22?,24-,25+,26-,27-,29-,30+/m0/s1. The number of hydrogen-bond acceptors (Lipinski definition) is 6. The molecule has 1 heterocycles. The van der Waals surface area contributed by atoms with Crippen molar-refractivity contribution in [1.29, 1.82) is 0 Å². The summed E-state index contributed by atoms with van der Waals surface area (Å²) in [5.41, 5.74) is 2.83. The summed E-state index contributed by atoms with van der Waals surface area (Å²) >= 11 is 0. The Bertz CT molecular complexity index is 941. The van der Waals surface area contributed by atoms with Gasteiger partial charge in [-0.25, -0.2) is 4.79 Å². The van der Waals surface area contributed by atoms with Crippen molar-refractivity contribution in [2.45, 2.75) is 91.0 Å². The van der Waals surface area contributed by atoms with Gasteiger partial charge in [-0.3, -0.25) is 9.63 Å². The van der Waals surface area contributed by atoms with Crippen LogP contribution in [0.1, 0.15) is 85.0 Å². The Kier molecular flexibility index (Phi) is 7.84. The molecule has 4 aliphatic carbocycles. The van der Waals surface area contributed by atoms with Gasteiger partial charge >= 0.3 is 6.09 Å². The highest BCUT2D eigenvalue weighted by molar-refractivity contribution is 5.91. The van der Waals surface area contributed by atoms with Crippen LogP contribution in [0.15, 0.2) is 16.8 Å². The lowest BCUT2D eigenvalue weighted by molar-refractivity contribution is -0.117. The fourth-order valence-corrected chi connectivity index (χ4v) is 9.16. The van der Waals surface area contributed by atoms with Gasteiger partial charge in [-0.2, -0.15) is 0 Å². The molecule has 1 aliphatic heterocycles. The predicted molar refractivity (Wildman–Crippen MR) is 146 cm³/mol. The second-order valence-electron chi connectivity index (χ2n) is 13.1. The number of oxime groups is 1. The van der Waals surface area contributed by atoms with Crippen molar-refractivity contribution in [3.05, 3.63) is 11.6 Å². The molecule has 0 bridgehead atoms. The third kappa shape index (κ3) is 5.03. The van der Waals surface area contributed by atoms with Crippen LogP contribution in [0, 0.1) is 34.5 Å². The summed E-state index contributed by atoms with van der Waals surface area (Å²) in [6, 6.07) is 0.342. The third-order valence-corrected chi connectivity index (χ3v) is 11.2. The van der Waals surface area contributed by atoms with E-state index in [1.54, 1.807) is 4.90 Å². The Hall–Kier alpha value is -1.73. The van der Waals surface area contributed by atoms with Gasteiger partial charge in [-0.1, -0.05) is 24.6 Å². The lowest BCUT2D eigenvalue weighted by Crippen LogP contribution is -2.51. The van der Waals surface area contributed by atoms with Gasteiger partial charge in [0, 0.05) is 38.0 Å². The van der Waals surface area contributed by atoms with Crippen molar-refractivity contribution < 1.29 is 14.4 Å². The molecule has 2 N–H and O–H groups in total. The summed E-state index contributed by atoms with van der Waals surface area (Å²) in [4.78, 5) is 32.5. The third-order valence-electron chi connectivity index (χ3n) is 11.2. The van der Waals surface area contributed by atoms with Crippen molar-refractivity contribution in [2.24, 2.45) is 39.7 Å². The summed E-state index contributed by atoms with van der Waals surface area (Å²) < 4.78 is 0. The molecule has 0 radical (unpaired) electrons. The molecule has 0 aromatic heterocycles. The molecule has 7 nitrogen and oxygen atoms in total. The molecular weight excluding hydrogens is 464 g/mol. The van der Waals surface area contributed by atoms with Crippen LogP contribution in [-0.2, 0) is 9.63 Å². The fraction of sp³-hybridized carbons (Fsp3) is 0.833. The fourth-order valence-electron chi connectivity index (χ4n) is 9.16. The van der Waals surface area contributed by atoms with Crippen LogP contribution >= 0.6 is 0 Å². The first-order valence-electron chi connectivity index (χ1n) is 14.9. The molecule has 7 heteroatoms. The number of hydrogen-bond donors (Lipinski definition) is 2. The minimum atomic E-state index is -0.335. The van der Waals surface area contributed by atoms with Gasteiger partial charge in [0.25, 0.3) is 0 Å². The SMILES string of the molecule is CNCCN(CC1CCCN1)C(=O)O/N=C(\C)[C@H]1CC[C@H]2[C@@H]3CCC4=CC(=O)CC[C@]4(C)[C@H]3CC[C@]12C. The van der Waals surface area contributed by atoms with E-state index in [0.29, 0.717) is 49.1 Å². The number of carbonyl (C=O) groups is 2.